The van der Waals surface area contributed by atoms with Crippen molar-refractivity contribution in [3.8, 4) is 0 Å². The lowest BCUT2D eigenvalue weighted by Gasteiger charge is -2.39. The molecule has 26 heavy (non-hydrogen) atoms. The fourth-order valence-electron chi connectivity index (χ4n) is 3.36. The highest BCUT2D eigenvalue weighted by Crippen LogP contribution is 2.17. The summed E-state index contributed by atoms with van der Waals surface area (Å²) in [5.74, 6) is -0.847. The number of H-pyrrole nitrogens is 1. The summed E-state index contributed by atoms with van der Waals surface area (Å²) in [5, 5.41) is 0.119. The largest absolute Gasteiger partial charge is 0.358 e. The minimum absolute atomic E-state index is 0.0694. The zero-order chi connectivity index (χ0) is 19.0. The predicted molar refractivity (Wildman–Crippen MR) is 96.4 cm³/mol. The second-order valence-corrected chi connectivity index (χ2v) is 7.05. The van der Waals surface area contributed by atoms with E-state index in [-0.39, 0.29) is 22.4 Å². The van der Waals surface area contributed by atoms with Gasteiger partial charge in [-0.1, -0.05) is 19.9 Å². The zero-order valence-electron chi connectivity index (χ0n) is 15.1. The fraction of sp³-hybridized carbons (Fsp3) is 0.421. The van der Waals surface area contributed by atoms with E-state index in [0.29, 0.717) is 25.6 Å². The number of rotatable bonds is 3. The summed E-state index contributed by atoms with van der Waals surface area (Å²) in [5.41, 5.74) is -0.549. The van der Waals surface area contributed by atoms with Gasteiger partial charge in [0.15, 0.2) is 0 Å². The minimum atomic E-state index is -0.641. The van der Waals surface area contributed by atoms with Crippen molar-refractivity contribution in [3.05, 3.63) is 46.0 Å². The Morgan fingerprint density at radius 1 is 1.31 bits per heavy atom. The summed E-state index contributed by atoms with van der Waals surface area (Å²) in [7, 11) is 0. The Kier molecular flexibility index (Phi) is 4.80. The topological polar surface area (TPSA) is 73.5 Å². The van der Waals surface area contributed by atoms with Crippen LogP contribution >= 0.6 is 0 Å². The summed E-state index contributed by atoms with van der Waals surface area (Å²) < 4.78 is 13.8. The Morgan fingerprint density at radius 3 is 2.73 bits per heavy atom. The highest BCUT2D eigenvalue weighted by molar-refractivity contribution is 6.00. The molecule has 1 aromatic heterocycles. The number of carbonyl (C=O) groups is 2. The molecular formula is C19H22FN3O3. The molecule has 2 heterocycles. The monoisotopic (exact) mass is 359 g/mol. The molecule has 0 saturated carbocycles. The standard InChI is InChI=1S/C19H22FN3O3/c1-11(2)10-22-7-8-23(12(3)18(22)25)19(26)14-9-21-16-13(17(14)24)5-4-6-15(16)20/h4-6,9,11-12H,7-8,10H2,1-3H3,(H,21,24)/t12-/m0/s1. The highest BCUT2D eigenvalue weighted by Gasteiger charge is 2.35. The average Bonchev–Trinajstić information content (AvgIpc) is 2.59. The van der Waals surface area contributed by atoms with E-state index in [9.17, 15) is 18.8 Å². The smallest absolute Gasteiger partial charge is 0.260 e. The molecule has 3 rings (SSSR count). The van der Waals surface area contributed by atoms with E-state index >= 15 is 0 Å². The molecule has 1 saturated heterocycles. The first kappa shape index (κ1) is 18.1. The maximum atomic E-state index is 13.8. The molecule has 1 aliphatic rings. The third-order valence-corrected chi connectivity index (χ3v) is 4.69. The van der Waals surface area contributed by atoms with E-state index < -0.39 is 23.2 Å². The van der Waals surface area contributed by atoms with Crippen molar-refractivity contribution < 1.29 is 14.0 Å². The lowest BCUT2D eigenvalue weighted by atomic mass is 10.1. The van der Waals surface area contributed by atoms with Gasteiger partial charge in [-0.15, -0.1) is 0 Å². The molecule has 0 unspecified atom stereocenters. The Bertz CT molecular complexity index is 922. The number of halogens is 1. The van der Waals surface area contributed by atoms with Crippen molar-refractivity contribution in [2.45, 2.75) is 26.8 Å². The molecule has 0 bridgehead atoms. The van der Waals surface area contributed by atoms with Gasteiger partial charge < -0.3 is 14.8 Å². The first-order valence-electron chi connectivity index (χ1n) is 8.71. The van der Waals surface area contributed by atoms with E-state index in [1.165, 1.54) is 29.3 Å². The molecule has 1 N–H and O–H groups in total. The second-order valence-electron chi connectivity index (χ2n) is 7.05. The van der Waals surface area contributed by atoms with Crippen LogP contribution in [0.3, 0.4) is 0 Å². The summed E-state index contributed by atoms with van der Waals surface area (Å²) in [6.07, 6.45) is 1.23. The normalized spacial score (nSPS) is 18.0. The maximum Gasteiger partial charge on any atom is 0.260 e. The van der Waals surface area contributed by atoms with Crippen molar-refractivity contribution in [3.63, 3.8) is 0 Å². The third kappa shape index (κ3) is 3.09. The highest BCUT2D eigenvalue weighted by atomic mass is 19.1. The Hall–Kier alpha value is -2.70. The Labute approximate surface area is 150 Å². The molecular weight excluding hydrogens is 337 g/mol. The summed E-state index contributed by atoms with van der Waals surface area (Å²) in [4.78, 5) is 43.9. The summed E-state index contributed by atoms with van der Waals surface area (Å²) in [6, 6.07) is 3.51. The molecule has 0 aliphatic carbocycles. The second kappa shape index (κ2) is 6.90. The van der Waals surface area contributed by atoms with Crippen LogP contribution in [0.2, 0.25) is 0 Å². The van der Waals surface area contributed by atoms with Crippen molar-refractivity contribution in [2.24, 2.45) is 5.92 Å². The number of aromatic amines is 1. The fourth-order valence-corrected chi connectivity index (χ4v) is 3.36. The first-order chi connectivity index (χ1) is 12.3. The molecule has 0 radical (unpaired) electrons. The van der Waals surface area contributed by atoms with Gasteiger partial charge in [0.1, 0.15) is 17.4 Å². The van der Waals surface area contributed by atoms with Gasteiger partial charge in [-0.2, -0.15) is 0 Å². The van der Waals surface area contributed by atoms with Crippen LogP contribution in [0.15, 0.2) is 29.2 Å². The first-order valence-corrected chi connectivity index (χ1v) is 8.71. The van der Waals surface area contributed by atoms with Crippen LogP contribution in [0.25, 0.3) is 10.9 Å². The van der Waals surface area contributed by atoms with Gasteiger partial charge in [0, 0.05) is 31.2 Å². The predicted octanol–water partition coefficient (Wildman–Crippen LogP) is 2.00. The third-order valence-electron chi connectivity index (χ3n) is 4.69. The molecule has 0 spiro atoms. The van der Waals surface area contributed by atoms with Crippen LogP contribution in [-0.4, -0.2) is 52.3 Å². The van der Waals surface area contributed by atoms with Crippen molar-refractivity contribution >= 4 is 22.7 Å². The molecule has 1 aromatic carbocycles. The SMILES string of the molecule is CC(C)CN1CCN(C(=O)c2c[nH]c3c(F)cccc3c2=O)[C@@H](C)C1=O. The number of piperazine rings is 1. The molecule has 1 atom stereocenters. The molecule has 2 aromatic rings. The molecule has 2 amide bonds. The lowest BCUT2D eigenvalue weighted by molar-refractivity contribution is -0.140. The van der Waals surface area contributed by atoms with E-state index in [1.807, 2.05) is 13.8 Å². The van der Waals surface area contributed by atoms with Crippen LogP contribution in [0.4, 0.5) is 4.39 Å². The number of nitrogens with zero attached hydrogens (tertiary/aromatic N) is 2. The zero-order valence-corrected chi connectivity index (χ0v) is 15.1. The van der Waals surface area contributed by atoms with Gasteiger partial charge in [-0.3, -0.25) is 14.4 Å². The van der Waals surface area contributed by atoms with Gasteiger partial charge in [-0.25, -0.2) is 4.39 Å². The van der Waals surface area contributed by atoms with Crippen LogP contribution in [0, 0.1) is 11.7 Å². The van der Waals surface area contributed by atoms with E-state index in [2.05, 4.69) is 4.98 Å². The lowest BCUT2D eigenvalue weighted by Crippen LogP contribution is -2.58. The average molecular weight is 359 g/mol. The number of pyridine rings is 1. The number of nitrogens with one attached hydrogen (secondary N) is 1. The van der Waals surface area contributed by atoms with Gasteiger partial charge in [0.25, 0.3) is 5.91 Å². The number of fused-ring (bicyclic) bond motifs is 1. The number of hydrogen-bond donors (Lipinski definition) is 1. The van der Waals surface area contributed by atoms with E-state index in [0.717, 1.165) is 0 Å². The van der Waals surface area contributed by atoms with E-state index in [4.69, 9.17) is 0 Å². The molecule has 6 nitrogen and oxygen atoms in total. The maximum absolute atomic E-state index is 13.8. The van der Waals surface area contributed by atoms with Crippen LogP contribution < -0.4 is 5.43 Å². The number of amides is 2. The van der Waals surface area contributed by atoms with Gasteiger partial charge >= 0.3 is 0 Å². The van der Waals surface area contributed by atoms with Crippen molar-refractivity contribution in [1.29, 1.82) is 0 Å². The van der Waals surface area contributed by atoms with Crippen molar-refractivity contribution in [1.82, 2.24) is 14.8 Å². The summed E-state index contributed by atoms with van der Waals surface area (Å²) >= 11 is 0. The number of aromatic nitrogens is 1. The minimum Gasteiger partial charge on any atom is -0.358 e. The number of para-hydroxylation sites is 1. The van der Waals surface area contributed by atoms with Crippen LogP contribution in [-0.2, 0) is 4.79 Å². The van der Waals surface area contributed by atoms with E-state index in [1.54, 1.807) is 11.8 Å². The van der Waals surface area contributed by atoms with Crippen molar-refractivity contribution in [2.75, 3.05) is 19.6 Å². The summed E-state index contributed by atoms with van der Waals surface area (Å²) in [6.45, 7) is 7.17. The van der Waals surface area contributed by atoms with Gasteiger partial charge in [0.05, 0.1) is 5.52 Å². The molecule has 7 heteroatoms. The van der Waals surface area contributed by atoms with Crippen LogP contribution in [0.5, 0.6) is 0 Å². The molecule has 1 aliphatic heterocycles. The number of hydrogen-bond acceptors (Lipinski definition) is 3. The van der Waals surface area contributed by atoms with Crippen LogP contribution in [0.1, 0.15) is 31.1 Å². The Morgan fingerprint density at radius 2 is 2.04 bits per heavy atom. The quantitative estimate of drug-likeness (QED) is 0.911. The molecule has 1 fully saturated rings. The van der Waals surface area contributed by atoms with Gasteiger partial charge in [0.2, 0.25) is 11.3 Å². The molecule has 138 valence electrons. The van der Waals surface area contributed by atoms with Gasteiger partial charge in [-0.05, 0) is 25.0 Å². The Balaban J connectivity index is 1.91. The number of carbonyl (C=O) groups excluding carboxylic acids is 2. The number of benzene rings is 1.